The van der Waals surface area contributed by atoms with Gasteiger partial charge in [-0.1, -0.05) is 19.9 Å². The van der Waals surface area contributed by atoms with Crippen molar-refractivity contribution in [2.45, 2.75) is 52.4 Å². The van der Waals surface area contributed by atoms with Gasteiger partial charge in [-0.25, -0.2) is 0 Å². The summed E-state index contributed by atoms with van der Waals surface area (Å²) in [6.07, 6.45) is 10.2. The first kappa shape index (κ1) is 10.8. The SMILES string of the molecule is CC/C=C1/CCCN2CCCC(CC)=C12. The van der Waals surface area contributed by atoms with Crippen molar-refractivity contribution in [2.75, 3.05) is 13.1 Å². The largest absolute Gasteiger partial charge is 0.371 e. The number of nitrogens with zero attached hydrogens (tertiary/aromatic N) is 1. The van der Waals surface area contributed by atoms with Crippen LogP contribution in [0.4, 0.5) is 0 Å². The summed E-state index contributed by atoms with van der Waals surface area (Å²) in [6.45, 7) is 7.14. The maximum atomic E-state index is 2.63. The monoisotopic (exact) mass is 205 g/mol. The zero-order valence-electron chi connectivity index (χ0n) is 10.2. The Morgan fingerprint density at radius 1 is 1.13 bits per heavy atom. The smallest absolute Gasteiger partial charge is 0.0387 e. The summed E-state index contributed by atoms with van der Waals surface area (Å²) >= 11 is 0. The van der Waals surface area contributed by atoms with Gasteiger partial charge in [0.25, 0.3) is 0 Å². The van der Waals surface area contributed by atoms with Crippen LogP contribution in [0.25, 0.3) is 0 Å². The molecule has 2 rings (SSSR count). The van der Waals surface area contributed by atoms with Crippen LogP contribution in [0.5, 0.6) is 0 Å². The van der Waals surface area contributed by atoms with Gasteiger partial charge < -0.3 is 4.90 Å². The lowest BCUT2D eigenvalue weighted by Gasteiger charge is -2.39. The highest BCUT2D eigenvalue weighted by Crippen LogP contribution is 2.35. The molecule has 2 heterocycles. The molecular weight excluding hydrogens is 182 g/mol. The van der Waals surface area contributed by atoms with Crippen LogP contribution in [-0.2, 0) is 0 Å². The third-order valence-corrected chi connectivity index (χ3v) is 3.61. The van der Waals surface area contributed by atoms with Crippen LogP contribution in [0, 0.1) is 0 Å². The summed E-state index contributed by atoms with van der Waals surface area (Å²) in [4.78, 5) is 2.63. The Morgan fingerprint density at radius 3 is 2.53 bits per heavy atom. The Labute approximate surface area is 93.9 Å². The number of hydrogen-bond donors (Lipinski definition) is 0. The van der Waals surface area contributed by atoms with Crippen LogP contribution in [0.15, 0.2) is 22.9 Å². The average molecular weight is 205 g/mol. The van der Waals surface area contributed by atoms with E-state index in [0.29, 0.717) is 0 Å². The summed E-state index contributed by atoms with van der Waals surface area (Å²) in [5, 5.41) is 0. The standard InChI is InChI=1S/C14H23N/c1-3-7-13-9-6-11-15-10-5-8-12(4-2)14(13)15/h7H,3-6,8-11H2,1-2H3/b13-7-. The van der Waals surface area contributed by atoms with Crippen LogP contribution < -0.4 is 0 Å². The number of fused-ring (bicyclic) bond motifs is 1. The molecule has 1 heteroatoms. The van der Waals surface area contributed by atoms with Gasteiger partial charge in [-0.05, 0) is 49.7 Å². The van der Waals surface area contributed by atoms with Gasteiger partial charge in [0.05, 0.1) is 0 Å². The zero-order chi connectivity index (χ0) is 10.7. The maximum absolute atomic E-state index is 2.63. The molecule has 2 aliphatic rings. The summed E-state index contributed by atoms with van der Waals surface area (Å²) in [5.74, 6) is 0. The maximum Gasteiger partial charge on any atom is 0.0387 e. The first-order chi connectivity index (χ1) is 7.36. The fourth-order valence-corrected chi connectivity index (χ4v) is 2.96. The second-order valence-corrected chi connectivity index (χ2v) is 4.64. The number of hydrogen-bond acceptors (Lipinski definition) is 1. The van der Waals surface area contributed by atoms with E-state index in [1.807, 2.05) is 0 Å². The number of piperidine rings is 1. The molecule has 0 N–H and O–H groups in total. The minimum absolute atomic E-state index is 1.18. The fraction of sp³-hybridized carbons (Fsp3) is 0.714. The Morgan fingerprint density at radius 2 is 1.87 bits per heavy atom. The first-order valence-electron chi connectivity index (χ1n) is 6.53. The molecule has 0 unspecified atom stereocenters. The molecule has 0 bridgehead atoms. The summed E-state index contributed by atoms with van der Waals surface area (Å²) in [5.41, 5.74) is 4.98. The molecular formula is C14H23N. The Bertz CT molecular complexity index is 286. The molecule has 1 saturated heterocycles. The number of rotatable bonds is 2. The van der Waals surface area contributed by atoms with Gasteiger partial charge in [0.15, 0.2) is 0 Å². The summed E-state index contributed by atoms with van der Waals surface area (Å²) in [6, 6.07) is 0. The van der Waals surface area contributed by atoms with E-state index in [0.717, 1.165) is 0 Å². The van der Waals surface area contributed by atoms with Crippen LogP contribution in [0.3, 0.4) is 0 Å². The first-order valence-corrected chi connectivity index (χ1v) is 6.53. The summed E-state index contributed by atoms with van der Waals surface area (Å²) in [7, 11) is 0. The van der Waals surface area contributed by atoms with Crippen molar-refractivity contribution in [3.05, 3.63) is 22.9 Å². The second kappa shape index (κ2) is 4.87. The predicted molar refractivity (Wildman–Crippen MR) is 65.7 cm³/mol. The van der Waals surface area contributed by atoms with E-state index in [-0.39, 0.29) is 0 Å². The Balaban J connectivity index is 2.33. The highest BCUT2D eigenvalue weighted by atomic mass is 15.1. The number of allylic oxidation sites excluding steroid dienone is 3. The lowest BCUT2D eigenvalue weighted by atomic mass is 9.89. The van der Waals surface area contributed by atoms with Gasteiger partial charge in [-0.2, -0.15) is 0 Å². The molecule has 1 nitrogen and oxygen atoms in total. The third kappa shape index (κ3) is 2.11. The van der Waals surface area contributed by atoms with Gasteiger partial charge >= 0.3 is 0 Å². The molecule has 2 aliphatic heterocycles. The molecule has 0 atom stereocenters. The van der Waals surface area contributed by atoms with Gasteiger partial charge in [0.2, 0.25) is 0 Å². The van der Waals surface area contributed by atoms with Gasteiger partial charge in [0.1, 0.15) is 0 Å². The van der Waals surface area contributed by atoms with Crippen molar-refractivity contribution in [3.63, 3.8) is 0 Å². The van der Waals surface area contributed by atoms with Crippen LogP contribution in [-0.4, -0.2) is 18.0 Å². The van der Waals surface area contributed by atoms with Crippen molar-refractivity contribution in [1.29, 1.82) is 0 Å². The normalized spacial score (nSPS) is 24.7. The van der Waals surface area contributed by atoms with E-state index in [1.54, 1.807) is 16.8 Å². The molecule has 0 aromatic carbocycles. The predicted octanol–water partition coefficient (Wildman–Crippen LogP) is 3.88. The minimum atomic E-state index is 1.18. The van der Waals surface area contributed by atoms with Crippen LogP contribution in [0.2, 0.25) is 0 Å². The highest BCUT2D eigenvalue weighted by Gasteiger charge is 2.24. The van der Waals surface area contributed by atoms with E-state index in [9.17, 15) is 0 Å². The molecule has 0 amide bonds. The van der Waals surface area contributed by atoms with Crippen molar-refractivity contribution in [2.24, 2.45) is 0 Å². The third-order valence-electron chi connectivity index (χ3n) is 3.61. The molecule has 0 radical (unpaired) electrons. The Kier molecular flexibility index (Phi) is 3.50. The van der Waals surface area contributed by atoms with Crippen molar-refractivity contribution in [3.8, 4) is 0 Å². The fourth-order valence-electron chi connectivity index (χ4n) is 2.96. The zero-order valence-corrected chi connectivity index (χ0v) is 10.2. The molecule has 84 valence electrons. The molecule has 1 fully saturated rings. The quantitative estimate of drug-likeness (QED) is 0.661. The topological polar surface area (TPSA) is 3.24 Å². The lowest BCUT2D eigenvalue weighted by molar-refractivity contribution is 0.293. The lowest BCUT2D eigenvalue weighted by Crippen LogP contribution is -2.34. The van der Waals surface area contributed by atoms with Crippen molar-refractivity contribution >= 4 is 0 Å². The molecule has 0 aromatic rings. The molecule has 0 aromatic heterocycles. The van der Waals surface area contributed by atoms with E-state index >= 15 is 0 Å². The summed E-state index contributed by atoms with van der Waals surface area (Å²) < 4.78 is 0. The molecule has 0 aliphatic carbocycles. The van der Waals surface area contributed by atoms with E-state index in [1.165, 1.54) is 51.6 Å². The molecule has 15 heavy (non-hydrogen) atoms. The second-order valence-electron chi connectivity index (χ2n) is 4.64. The van der Waals surface area contributed by atoms with Crippen molar-refractivity contribution in [1.82, 2.24) is 4.90 Å². The van der Waals surface area contributed by atoms with E-state index < -0.39 is 0 Å². The van der Waals surface area contributed by atoms with Gasteiger partial charge in [-0.15, -0.1) is 0 Å². The average Bonchev–Trinajstić information content (AvgIpc) is 2.29. The highest BCUT2D eigenvalue weighted by molar-refractivity contribution is 5.37. The molecule has 0 saturated carbocycles. The Hall–Kier alpha value is -0.720. The van der Waals surface area contributed by atoms with Crippen LogP contribution in [0.1, 0.15) is 52.4 Å². The van der Waals surface area contributed by atoms with Gasteiger partial charge in [0, 0.05) is 18.8 Å². The van der Waals surface area contributed by atoms with Crippen LogP contribution >= 0.6 is 0 Å². The van der Waals surface area contributed by atoms with Crippen molar-refractivity contribution < 1.29 is 0 Å². The van der Waals surface area contributed by atoms with Gasteiger partial charge in [-0.3, -0.25) is 0 Å². The minimum Gasteiger partial charge on any atom is -0.371 e. The molecule has 0 spiro atoms. The van der Waals surface area contributed by atoms with E-state index in [4.69, 9.17) is 0 Å². The van der Waals surface area contributed by atoms with E-state index in [2.05, 4.69) is 24.8 Å².